The van der Waals surface area contributed by atoms with Crippen molar-refractivity contribution in [2.24, 2.45) is 0 Å². The highest BCUT2D eigenvalue weighted by atomic mass is 35.5. The molecule has 2 rings (SSSR count). The zero-order valence-corrected chi connectivity index (χ0v) is 15.7. The molecule has 136 valence electrons. The Balaban J connectivity index is 1.99. The molecule has 1 amide bonds. The lowest BCUT2D eigenvalue weighted by atomic mass is 10.2. The Morgan fingerprint density at radius 3 is 2.60 bits per heavy atom. The molecule has 0 aliphatic heterocycles. The lowest BCUT2D eigenvalue weighted by Gasteiger charge is -2.28. The molecule has 0 spiro atoms. The third kappa shape index (κ3) is 5.47. The molecular formula is C16H21ClN4O3S. The van der Waals surface area contributed by atoms with Crippen molar-refractivity contribution in [1.29, 1.82) is 0 Å². The number of aromatic nitrogens is 2. The molecule has 0 saturated heterocycles. The number of carbonyl (C=O) groups excluding carboxylic acids is 1. The van der Waals surface area contributed by atoms with Crippen molar-refractivity contribution >= 4 is 33.2 Å². The predicted molar refractivity (Wildman–Crippen MR) is 98.1 cm³/mol. The van der Waals surface area contributed by atoms with E-state index in [0.29, 0.717) is 23.7 Å². The number of hydrogen-bond donors (Lipinski definition) is 1. The number of rotatable bonds is 8. The summed E-state index contributed by atoms with van der Waals surface area (Å²) in [6, 6.07) is 5.46. The van der Waals surface area contributed by atoms with Gasteiger partial charge in [0.25, 0.3) is 0 Å². The number of aryl methyl sites for hydroxylation is 1. The first-order chi connectivity index (χ1) is 11.8. The fourth-order valence-corrected chi connectivity index (χ4v) is 3.74. The van der Waals surface area contributed by atoms with E-state index in [-0.39, 0.29) is 5.91 Å². The van der Waals surface area contributed by atoms with Crippen LogP contribution in [0.4, 0.5) is 5.69 Å². The van der Waals surface area contributed by atoms with Gasteiger partial charge in [-0.2, -0.15) is 0 Å². The van der Waals surface area contributed by atoms with Crippen LogP contribution in [0.15, 0.2) is 43.0 Å². The molecular weight excluding hydrogens is 364 g/mol. The highest BCUT2D eigenvalue weighted by molar-refractivity contribution is 7.92. The van der Waals surface area contributed by atoms with Gasteiger partial charge < -0.3 is 9.88 Å². The molecule has 0 bridgehead atoms. The van der Waals surface area contributed by atoms with Crippen LogP contribution < -0.4 is 9.62 Å². The minimum atomic E-state index is -3.62. The summed E-state index contributed by atoms with van der Waals surface area (Å²) in [6.45, 7) is 2.72. The molecule has 25 heavy (non-hydrogen) atoms. The quantitative estimate of drug-likeness (QED) is 0.704. The second-order valence-electron chi connectivity index (χ2n) is 5.66. The fraction of sp³-hybridized carbons (Fsp3) is 0.375. The summed E-state index contributed by atoms with van der Waals surface area (Å²) in [6.07, 6.45) is 7.03. The summed E-state index contributed by atoms with van der Waals surface area (Å²) >= 11 is 5.85. The summed E-state index contributed by atoms with van der Waals surface area (Å²) < 4.78 is 27.3. The van der Waals surface area contributed by atoms with Gasteiger partial charge in [0.05, 0.1) is 18.3 Å². The van der Waals surface area contributed by atoms with Crippen LogP contribution in [0.1, 0.15) is 13.3 Å². The van der Waals surface area contributed by atoms with Gasteiger partial charge in [-0.1, -0.05) is 11.6 Å². The van der Waals surface area contributed by atoms with Crippen molar-refractivity contribution in [3.63, 3.8) is 0 Å². The summed E-state index contributed by atoms with van der Waals surface area (Å²) in [4.78, 5) is 16.3. The van der Waals surface area contributed by atoms with Crippen LogP contribution in [-0.4, -0.2) is 42.7 Å². The fourth-order valence-electron chi connectivity index (χ4n) is 2.44. The zero-order valence-electron chi connectivity index (χ0n) is 14.1. The molecule has 0 radical (unpaired) electrons. The molecule has 7 nitrogen and oxygen atoms in total. The molecule has 9 heteroatoms. The molecule has 0 fully saturated rings. The van der Waals surface area contributed by atoms with Gasteiger partial charge in [0.2, 0.25) is 15.9 Å². The number of carbonyl (C=O) groups is 1. The molecule has 2 aromatic rings. The monoisotopic (exact) mass is 384 g/mol. The van der Waals surface area contributed by atoms with E-state index in [1.165, 1.54) is 0 Å². The maximum atomic E-state index is 12.4. The number of amides is 1. The summed E-state index contributed by atoms with van der Waals surface area (Å²) in [5, 5.41) is 3.27. The number of hydrogen-bond acceptors (Lipinski definition) is 4. The van der Waals surface area contributed by atoms with E-state index in [1.807, 2.05) is 10.8 Å². The van der Waals surface area contributed by atoms with Crippen molar-refractivity contribution < 1.29 is 13.2 Å². The van der Waals surface area contributed by atoms with Crippen LogP contribution in [0.3, 0.4) is 0 Å². The van der Waals surface area contributed by atoms with Crippen LogP contribution in [0.5, 0.6) is 0 Å². The van der Waals surface area contributed by atoms with Gasteiger partial charge in [-0.25, -0.2) is 13.4 Å². The number of halogens is 1. The summed E-state index contributed by atoms with van der Waals surface area (Å²) in [7, 11) is -3.62. The normalized spacial score (nSPS) is 12.6. The van der Waals surface area contributed by atoms with E-state index in [0.717, 1.165) is 17.1 Å². The number of nitrogens with one attached hydrogen (secondary N) is 1. The number of benzene rings is 1. The Labute approximate surface area is 152 Å². The molecule has 1 atom stereocenters. The van der Waals surface area contributed by atoms with Crippen LogP contribution in [0.25, 0.3) is 0 Å². The first kappa shape index (κ1) is 19.3. The minimum Gasteiger partial charge on any atom is -0.354 e. The molecule has 0 aliphatic carbocycles. The maximum Gasteiger partial charge on any atom is 0.243 e. The lowest BCUT2D eigenvalue weighted by molar-refractivity contribution is -0.121. The smallest absolute Gasteiger partial charge is 0.243 e. The Kier molecular flexibility index (Phi) is 6.44. The Bertz CT molecular complexity index is 791. The second-order valence-corrected chi connectivity index (χ2v) is 7.95. The molecule has 1 heterocycles. The highest BCUT2D eigenvalue weighted by Crippen LogP contribution is 2.22. The van der Waals surface area contributed by atoms with Crippen molar-refractivity contribution in [3.8, 4) is 0 Å². The van der Waals surface area contributed by atoms with Crippen molar-refractivity contribution in [2.75, 3.05) is 17.1 Å². The molecule has 1 aromatic heterocycles. The SMILES string of the molecule is C[C@@H](C(=O)NCCCn1ccnc1)N(c1ccc(Cl)cc1)S(C)(=O)=O. The standard InChI is InChI=1S/C16H21ClN4O3S/c1-13(16(22)19-8-3-10-20-11-9-18-12-20)21(25(2,23)24)15-6-4-14(17)5-7-15/h4-7,9,11-13H,3,8,10H2,1-2H3,(H,19,22)/t13-/m0/s1. The van der Waals surface area contributed by atoms with Crippen LogP contribution in [0.2, 0.25) is 5.02 Å². The topological polar surface area (TPSA) is 84.3 Å². The van der Waals surface area contributed by atoms with Gasteiger partial charge in [-0.15, -0.1) is 0 Å². The van der Waals surface area contributed by atoms with E-state index in [2.05, 4.69) is 10.3 Å². The Hall–Kier alpha value is -2.06. The summed E-state index contributed by atoms with van der Waals surface area (Å²) in [5.74, 6) is -0.356. The lowest BCUT2D eigenvalue weighted by Crippen LogP contribution is -2.48. The molecule has 0 aliphatic rings. The Morgan fingerprint density at radius 2 is 2.04 bits per heavy atom. The summed E-state index contributed by atoms with van der Waals surface area (Å²) in [5.41, 5.74) is 0.396. The molecule has 0 unspecified atom stereocenters. The van der Waals surface area contributed by atoms with E-state index in [1.54, 1.807) is 43.7 Å². The van der Waals surface area contributed by atoms with E-state index in [9.17, 15) is 13.2 Å². The first-order valence-electron chi connectivity index (χ1n) is 7.77. The highest BCUT2D eigenvalue weighted by Gasteiger charge is 2.28. The average Bonchev–Trinajstić information content (AvgIpc) is 3.05. The van der Waals surface area contributed by atoms with E-state index >= 15 is 0 Å². The van der Waals surface area contributed by atoms with Crippen LogP contribution in [-0.2, 0) is 21.4 Å². The number of sulfonamides is 1. The van der Waals surface area contributed by atoms with Gasteiger partial charge in [-0.3, -0.25) is 9.10 Å². The van der Waals surface area contributed by atoms with Crippen LogP contribution >= 0.6 is 11.6 Å². The molecule has 1 N–H and O–H groups in total. The van der Waals surface area contributed by atoms with Crippen molar-refractivity contribution in [3.05, 3.63) is 48.0 Å². The number of nitrogens with zero attached hydrogens (tertiary/aromatic N) is 3. The third-order valence-electron chi connectivity index (χ3n) is 3.62. The zero-order chi connectivity index (χ0) is 18.4. The van der Waals surface area contributed by atoms with Crippen molar-refractivity contribution in [2.45, 2.75) is 25.9 Å². The number of imidazole rings is 1. The van der Waals surface area contributed by atoms with E-state index in [4.69, 9.17) is 11.6 Å². The van der Waals surface area contributed by atoms with Gasteiger partial charge in [0.15, 0.2) is 0 Å². The van der Waals surface area contributed by atoms with Gasteiger partial charge in [0, 0.05) is 30.5 Å². The largest absolute Gasteiger partial charge is 0.354 e. The van der Waals surface area contributed by atoms with Gasteiger partial charge >= 0.3 is 0 Å². The van der Waals surface area contributed by atoms with Crippen LogP contribution in [0, 0.1) is 0 Å². The predicted octanol–water partition coefficient (Wildman–Crippen LogP) is 1.90. The average molecular weight is 385 g/mol. The minimum absolute atomic E-state index is 0.356. The molecule has 0 saturated carbocycles. The second kappa shape index (κ2) is 8.35. The molecule has 1 aromatic carbocycles. The van der Waals surface area contributed by atoms with Gasteiger partial charge in [0.1, 0.15) is 6.04 Å². The maximum absolute atomic E-state index is 12.4. The van der Waals surface area contributed by atoms with E-state index < -0.39 is 16.1 Å². The third-order valence-corrected chi connectivity index (χ3v) is 5.11. The Morgan fingerprint density at radius 1 is 1.36 bits per heavy atom. The van der Waals surface area contributed by atoms with Gasteiger partial charge in [-0.05, 0) is 37.6 Å². The van der Waals surface area contributed by atoms with Crippen molar-refractivity contribution in [1.82, 2.24) is 14.9 Å². The number of anilines is 1. The first-order valence-corrected chi connectivity index (χ1v) is 10.00.